The maximum Gasteiger partial charge on any atom is 0.142 e. The van der Waals surface area contributed by atoms with Crippen molar-refractivity contribution in [2.24, 2.45) is 5.10 Å². The predicted molar refractivity (Wildman–Crippen MR) is 32.8 cm³/mol. The fourth-order valence-corrected chi connectivity index (χ4v) is 0.213. The molecule has 8 heavy (non-hydrogen) atoms. The van der Waals surface area contributed by atoms with Crippen molar-refractivity contribution in [3.63, 3.8) is 0 Å². The third kappa shape index (κ3) is 4.88. The summed E-state index contributed by atoms with van der Waals surface area (Å²) >= 11 is 0. The van der Waals surface area contributed by atoms with Crippen molar-refractivity contribution < 1.29 is 4.79 Å². The second kappa shape index (κ2) is 5.88. The molecule has 0 aromatic rings. The van der Waals surface area contributed by atoms with Gasteiger partial charge in [0.1, 0.15) is 6.29 Å². The van der Waals surface area contributed by atoms with Gasteiger partial charge in [-0.25, -0.2) is 0 Å². The highest BCUT2D eigenvalue weighted by molar-refractivity contribution is 5.78. The first kappa shape index (κ1) is 6.88. The van der Waals surface area contributed by atoms with E-state index in [9.17, 15) is 4.79 Å². The maximum atomic E-state index is 9.60. The van der Waals surface area contributed by atoms with Crippen LogP contribution in [0.25, 0.3) is 0 Å². The molecule has 1 N–H and O–H groups in total. The number of hydrazone groups is 1. The summed E-state index contributed by atoms with van der Waals surface area (Å²) in [4.78, 5) is 9.60. The van der Waals surface area contributed by atoms with Crippen LogP contribution in [0, 0.1) is 0 Å². The first-order chi connectivity index (χ1) is 3.91. The topological polar surface area (TPSA) is 41.5 Å². The molecule has 0 fully saturated rings. The van der Waals surface area contributed by atoms with Gasteiger partial charge in [-0.15, -0.1) is 0 Å². The summed E-state index contributed by atoms with van der Waals surface area (Å²) in [7, 11) is 1.69. The van der Waals surface area contributed by atoms with Crippen molar-refractivity contribution in [3.05, 3.63) is 12.2 Å². The molecule has 0 aromatic heterocycles. The Kier molecular flexibility index (Phi) is 5.06. The quantitative estimate of drug-likeness (QED) is 0.240. The lowest BCUT2D eigenvalue weighted by Gasteiger charge is -1.77. The largest absolute Gasteiger partial charge is 0.313 e. The molecule has 0 aliphatic rings. The minimum atomic E-state index is 0.696. The molecular weight excluding hydrogens is 104 g/mol. The molecule has 0 bridgehead atoms. The van der Waals surface area contributed by atoms with Crippen molar-refractivity contribution in [3.8, 4) is 0 Å². The first-order valence-corrected chi connectivity index (χ1v) is 2.22. The van der Waals surface area contributed by atoms with Crippen LogP contribution in [-0.4, -0.2) is 19.5 Å². The summed E-state index contributed by atoms with van der Waals surface area (Å²) in [6.07, 6.45) is 5.10. The average molecular weight is 112 g/mol. The lowest BCUT2D eigenvalue weighted by atomic mass is 10.6. The number of carbonyl (C=O) groups is 1. The van der Waals surface area contributed by atoms with E-state index in [0.717, 1.165) is 0 Å². The summed E-state index contributed by atoms with van der Waals surface area (Å²) in [6, 6.07) is 0. The summed E-state index contributed by atoms with van der Waals surface area (Å²) in [5.74, 6) is 0. The Hall–Kier alpha value is -1.12. The van der Waals surface area contributed by atoms with Gasteiger partial charge in [0, 0.05) is 13.3 Å². The third-order valence-corrected chi connectivity index (χ3v) is 0.479. The van der Waals surface area contributed by atoms with Gasteiger partial charge in [-0.1, -0.05) is 0 Å². The number of carbonyl (C=O) groups excluding carboxylic acids is 1. The van der Waals surface area contributed by atoms with E-state index in [-0.39, 0.29) is 0 Å². The smallest absolute Gasteiger partial charge is 0.142 e. The fraction of sp³-hybridized carbons (Fsp3) is 0.200. The van der Waals surface area contributed by atoms with E-state index in [1.54, 1.807) is 13.1 Å². The summed E-state index contributed by atoms with van der Waals surface area (Å²) in [5, 5.41) is 3.59. The molecule has 3 nitrogen and oxygen atoms in total. The van der Waals surface area contributed by atoms with Crippen LogP contribution in [0.5, 0.6) is 0 Å². The predicted octanol–water partition coefficient (Wildman–Crippen LogP) is -0.0533. The van der Waals surface area contributed by atoms with Crippen LogP contribution < -0.4 is 5.43 Å². The molecule has 3 heteroatoms. The number of nitrogens with zero attached hydrogens (tertiary/aromatic N) is 1. The SMILES string of the molecule is CN/N=C\C=C/C=O. The van der Waals surface area contributed by atoms with Gasteiger partial charge in [-0.3, -0.25) is 4.79 Å². The van der Waals surface area contributed by atoms with Crippen molar-refractivity contribution in [1.29, 1.82) is 0 Å². The van der Waals surface area contributed by atoms with Crippen LogP contribution in [0.15, 0.2) is 17.3 Å². The highest BCUT2D eigenvalue weighted by atomic mass is 16.1. The minimum absolute atomic E-state index is 0.696. The molecule has 0 saturated carbocycles. The van der Waals surface area contributed by atoms with Crippen LogP contribution in [0.2, 0.25) is 0 Å². The molecule has 0 heterocycles. The lowest BCUT2D eigenvalue weighted by Crippen LogP contribution is -1.91. The van der Waals surface area contributed by atoms with Crippen molar-refractivity contribution >= 4 is 12.5 Å². The van der Waals surface area contributed by atoms with Gasteiger partial charge in [-0.2, -0.15) is 5.10 Å². The van der Waals surface area contributed by atoms with Gasteiger partial charge in [0.25, 0.3) is 0 Å². The highest BCUT2D eigenvalue weighted by Gasteiger charge is 1.59. The molecule has 0 saturated heterocycles. The Morgan fingerprint density at radius 3 is 2.75 bits per heavy atom. The van der Waals surface area contributed by atoms with E-state index in [2.05, 4.69) is 10.5 Å². The Morgan fingerprint density at radius 2 is 2.25 bits per heavy atom. The third-order valence-electron chi connectivity index (χ3n) is 0.479. The maximum absolute atomic E-state index is 9.60. The van der Waals surface area contributed by atoms with Crippen LogP contribution in [0.1, 0.15) is 0 Å². The van der Waals surface area contributed by atoms with Gasteiger partial charge < -0.3 is 5.43 Å². The Bertz CT molecular complexity index is 107. The Balaban J connectivity index is 3.26. The standard InChI is InChI=1S/C5H8N2O/c1-6-7-4-2-3-5-8/h2-6H,1H3/b3-2-,7-4-. The van der Waals surface area contributed by atoms with E-state index >= 15 is 0 Å². The zero-order valence-electron chi connectivity index (χ0n) is 4.66. The lowest BCUT2D eigenvalue weighted by molar-refractivity contribution is -0.104. The molecular formula is C5H8N2O. The van der Waals surface area contributed by atoms with Gasteiger partial charge in [-0.05, 0) is 12.2 Å². The van der Waals surface area contributed by atoms with Gasteiger partial charge in [0.05, 0.1) is 0 Å². The fourth-order valence-electron chi connectivity index (χ4n) is 0.213. The molecule has 0 unspecified atom stereocenters. The van der Waals surface area contributed by atoms with E-state index in [0.29, 0.717) is 6.29 Å². The molecule has 0 aliphatic heterocycles. The molecule has 0 atom stereocenters. The Morgan fingerprint density at radius 1 is 1.50 bits per heavy atom. The molecule has 0 spiro atoms. The van der Waals surface area contributed by atoms with E-state index < -0.39 is 0 Å². The van der Waals surface area contributed by atoms with Gasteiger partial charge in [0.15, 0.2) is 0 Å². The van der Waals surface area contributed by atoms with Crippen LogP contribution in [0.3, 0.4) is 0 Å². The number of aldehydes is 1. The van der Waals surface area contributed by atoms with Crippen LogP contribution in [0.4, 0.5) is 0 Å². The van der Waals surface area contributed by atoms with Crippen molar-refractivity contribution in [2.45, 2.75) is 0 Å². The number of rotatable bonds is 3. The minimum Gasteiger partial charge on any atom is -0.313 e. The Labute approximate surface area is 48.1 Å². The van der Waals surface area contributed by atoms with E-state index in [1.165, 1.54) is 12.3 Å². The van der Waals surface area contributed by atoms with Gasteiger partial charge >= 0.3 is 0 Å². The number of nitrogens with one attached hydrogen (secondary N) is 1. The van der Waals surface area contributed by atoms with Crippen molar-refractivity contribution in [1.82, 2.24) is 5.43 Å². The number of hydrogen-bond donors (Lipinski definition) is 1. The summed E-state index contributed by atoms with van der Waals surface area (Å²) in [6.45, 7) is 0. The molecule has 0 amide bonds. The van der Waals surface area contributed by atoms with Crippen LogP contribution in [-0.2, 0) is 4.79 Å². The monoisotopic (exact) mass is 112 g/mol. The molecule has 44 valence electrons. The van der Waals surface area contributed by atoms with E-state index in [1.807, 2.05) is 0 Å². The zero-order chi connectivity index (χ0) is 6.24. The molecule has 0 rings (SSSR count). The first-order valence-electron chi connectivity index (χ1n) is 2.22. The second-order valence-electron chi connectivity index (χ2n) is 1.02. The van der Waals surface area contributed by atoms with Crippen LogP contribution >= 0.6 is 0 Å². The molecule has 0 aliphatic carbocycles. The number of allylic oxidation sites excluding steroid dienone is 2. The molecule has 0 radical (unpaired) electrons. The van der Waals surface area contributed by atoms with Gasteiger partial charge in [0.2, 0.25) is 0 Å². The zero-order valence-corrected chi connectivity index (χ0v) is 4.66. The summed E-state index contributed by atoms with van der Waals surface area (Å²) in [5.41, 5.74) is 2.53. The van der Waals surface area contributed by atoms with Crippen molar-refractivity contribution in [2.75, 3.05) is 7.05 Å². The second-order valence-corrected chi connectivity index (χ2v) is 1.02. The highest BCUT2D eigenvalue weighted by Crippen LogP contribution is 1.59. The summed E-state index contributed by atoms with van der Waals surface area (Å²) < 4.78 is 0. The normalized spacial score (nSPS) is 10.6. The number of hydrogen-bond acceptors (Lipinski definition) is 3. The average Bonchev–Trinajstić information content (AvgIpc) is 1.81. The van der Waals surface area contributed by atoms with E-state index in [4.69, 9.17) is 0 Å². The molecule has 0 aromatic carbocycles.